The molecule has 1 N–H and O–H groups in total. The van der Waals surface area contributed by atoms with Crippen molar-refractivity contribution in [1.29, 1.82) is 0 Å². The van der Waals surface area contributed by atoms with E-state index in [1.54, 1.807) is 6.20 Å². The van der Waals surface area contributed by atoms with Crippen LogP contribution < -0.4 is 5.32 Å². The Balaban J connectivity index is 1.98. The van der Waals surface area contributed by atoms with E-state index in [0.29, 0.717) is 5.56 Å². The van der Waals surface area contributed by atoms with E-state index in [1.165, 1.54) is 0 Å². The molecule has 1 amide bonds. The fourth-order valence-corrected chi connectivity index (χ4v) is 2.85. The molecule has 1 aromatic heterocycles. The van der Waals surface area contributed by atoms with Crippen LogP contribution in [-0.4, -0.2) is 15.5 Å². The molecule has 0 saturated heterocycles. The number of rotatable bonds is 4. The number of aryl methyl sites for hydroxylation is 3. The predicted octanol–water partition coefficient (Wildman–Crippen LogP) is 3.56. The van der Waals surface area contributed by atoms with Crippen molar-refractivity contribution < 1.29 is 4.79 Å². The van der Waals surface area contributed by atoms with Gasteiger partial charge < -0.3 is 9.88 Å². The van der Waals surface area contributed by atoms with Gasteiger partial charge in [0, 0.05) is 25.0 Å². The molecule has 0 bridgehead atoms. The summed E-state index contributed by atoms with van der Waals surface area (Å²) in [5, 5.41) is 3.14. The first-order valence-electron chi connectivity index (χ1n) is 7.96. The van der Waals surface area contributed by atoms with Crippen LogP contribution in [0.5, 0.6) is 0 Å². The highest BCUT2D eigenvalue weighted by molar-refractivity contribution is 5.94. The largest absolute Gasteiger partial charge is 0.338 e. The van der Waals surface area contributed by atoms with Crippen LogP contribution in [0.4, 0.5) is 0 Å². The smallest absolute Gasteiger partial charge is 0.252 e. The van der Waals surface area contributed by atoms with Crippen molar-refractivity contribution in [3.05, 3.63) is 89.0 Å². The standard InChI is InChI=1S/C20H21N3O/c1-14-7-6-9-16(13-14)20(24)22-18(19-21-11-12-23(19)3)17-10-5-4-8-15(17)2/h4-13,18H,1-3H3,(H,22,24). The van der Waals surface area contributed by atoms with Gasteiger partial charge in [0.05, 0.1) is 0 Å². The predicted molar refractivity (Wildman–Crippen MR) is 94.9 cm³/mol. The van der Waals surface area contributed by atoms with Crippen LogP contribution in [0, 0.1) is 13.8 Å². The number of nitrogens with one attached hydrogen (secondary N) is 1. The zero-order chi connectivity index (χ0) is 17.1. The summed E-state index contributed by atoms with van der Waals surface area (Å²) < 4.78 is 1.94. The maximum Gasteiger partial charge on any atom is 0.252 e. The van der Waals surface area contributed by atoms with Crippen LogP contribution in [0.1, 0.15) is 38.9 Å². The van der Waals surface area contributed by atoms with Gasteiger partial charge in [-0.05, 0) is 37.1 Å². The minimum atomic E-state index is -0.292. The van der Waals surface area contributed by atoms with Gasteiger partial charge in [0.25, 0.3) is 5.91 Å². The highest BCUT2D eigenvalue weighted by Gasteiger charge is 2.22. The average molecular weight is 319 g/mol. The molecule has 0 spiro atoms. The lowest BCUT2D eigenvalue weighted by atomic mass is 10.00. The Morgan fingerprint density at radius 1 is 1.12 bits per heavy atom. The number of carbonyl (C=O) groups is 1. The number of carbonyl (C=O) groups excluding carboxylic acids is 1. The Morgan fingerprint density at radius 3 is 2.58 bits per heavy atom. The van der Waals surface area contributed by atoms with Gasteiger partial charge in [0.2, 0.25) is 0 Å². The molecule has 122 valence electrons. The summed E-state index contributed by atoms with van der Waals surface area (Å²) in [5.74, 6) is 0.709. The Morgan fingerprint density at radius 2 is 1.92 bits per heavy atom. The summed E-state index contributed by atoms with van der Waals surface area (Å²) in [6.07, 6.45) is 3.64. The molecular weight excluding hydrogens is 298 g/mol. The van der Waals surface area contributed by atoms with Crippen molar-refractivity contribution in [3.8, 4) is 0 Å². The first-order valence-corrected chi connectivity index (χ1v) is 7.96. The van der Waals surface area contributed by atoms with Crippen LogP contribution >= 0.6 is 0 Å². The quantitative estimate of drug-likeness (QED) is 0.799. The third-order valence-corrected chi connectivity index (χ3v) is 4.17. The van der Waals surface area contributed by atoms with Gasteiger partial charge in [-0.2, -0.15) is 0 Å². The van der Waals surface area contributed by atoms with E-state index in [-0.39, 0.29) is 11.9 Å². The van der Waals surface area contributed by atoms with E-state index in [0.717, 1.165) is 22.5 Å². The van der Waals surface area contributed by atoms with Crippen molar-refractivity contribution in [2.45, 2.75) is 19.9 Å². The Hall–Kier alpha value is -2.88. The van der Waals surface area contributed by atoms with E-state index in [1.807, 2.05) is 80.2 Å². The molecular formula is C20H21N3O. The first kappa shape index (κ1) is 16.0. The maximum atomic E-state index is 12.8. The molecule has 3 aromatic rings. The topological polar surface area (TPSA) is 46.9 Å². The minimum Gasteiger partial charge on any atom is -0.338 e. The molecule has 4 nitrogen and oxygen atoms in total. The van der Waals surface area contributed by atoms with E-state index < -0.39 is 0 Å². The van der Waals surface area contributed by atoms with E-state index >= 15 is 0 Å². The number of nitrogens with zero attached hydrogens (tertiary/aromatic N) is 2. The normalized spacial score (nSPS) is 12.0. The summed E-state index contributed by atoms with van der Waals surface area (Å²) in [5.41, 5.74) is 3.89. The summed E-state index contributed by atoms with van der Waals surface area (Å²) in [6, 6.07) is 15.4. The number of imidazole rings is 1. The molecule has 3 rings (SSSR count). The van der Waals surface area contributed by atoms with Crippen LogP contribution in [0.2, 0.25) is 0 Å². The summed E-state index contributed by atoms with van der Waals surface area (Å²) in [6.45, 7) is 4.03. The lowest BCUT2D eigenvalue weighted by Crippen LogP contribution is -2.31. The van der Waals surface area contributed by atoms with Crippen LogP contribution in [0.25, 0.3) is 0 Å². The molecule has 0 aliphatic heterocycles. The second kappa shape index (κ2) is 6.71. The van der Waals surface area contributed by atoms with Crippen LogP contribution in [0.15, 0.2) is 60.9 Å². The molecule has 0 radical (unpaired) electrons. The lowest BCUT2D eigenvalue weighted by molar-refractivity contribution is 0.0941. The van der Waals surface area contributed by atoms with Gasteiger partial charge >= 0.3 is 0 Å². The SMILES string of the molecule is Cc1cccc(C(=O)NC(c2ccccc2C)c2nccn2C)c1. The van der Waals surface area contributed by atoms with Crippen molar-refractivity contribution in [3.63, 3.8) is 0 Å². The van der Waals surface area contributed by atoms with Crippen molar-refractivity contribution in [1.82, 2.24) is 14.9 Å². The van der Waals surface area contributed by atoms with Gasteiger partial charge in [0.15, 0.2) is 0 Å². The molecule has 1 atom stereocenters. The average Bonchev–Trinajstić information content (AvgIpc) is 2.99. The molecule has 0 aliphatic rings. The fraction of sp³-hybridized carbons (Fsp3) is 0.200. The number of hydrogen-bond donors (Lipinski definition) is 1. The first-order chi connectivity index (χ1) is 11.6. The van der Waals surface area contributed by atoms with E-state index in [9.17, 15) is 4.79 Å². The molecule has 1 unspecified atom stereocenters. The molecule has 24 heavy (non-hydrogen) atoms. The minimum absolute atomic E-state index is 0.102. The molecule has 0 saturated carbocycles. The maximum absolute atomic E-state index is 12.8. The van der Waals surface area contributed by atoms with Gasteiger partial charge in [-0.1, -0.05) is 42.0 Å². The van der Waals surface area contributed by atoms with Crippen LogP contribution in [-0.2, 0) is 7.05 Å². The lowest BCUT2D eigenvalue weighted by Gasteiger charge is -2.21. The summed E-state index contributed by atoms with van der Waals surface area (Å²) in [4.78, 5) is 17.2. The van der Waals surface area contributed by atoms with Gasteiger partial charge in [-0.25, -0.2) is 4.98 Å². The zero-order valence-electron chi connectivity index (χ0n) is 14.2. The molecule has 2 aromatic carbocycles. The number of benzene rings is 2. The van der Waals surface area contributed by atoms with E-state index in [2.05, 4.69) is 10.3 Å². The molecule has 0 fully saturated rings. The third-order valence-electron chi connectivity index (χ3n) is 4.17. The molecule has 4 heteroatoms. The summed E-state index contributed by atoms with van der Waals surface area (Å²) in [7, 11) is 1.94. The second-order valence-corrected chi connectivity index (χ2v) is 6.03. The summed E-state index contributed by atoms with van der Waals surface area (Å²) >= 11 is 0. The molecule has 1 heterocycles. The number of aromatic nitrogens is 2. The second-order valence-electron chi connectivity index (χ2n) is 6.03. The van der Waals surface area contributed by atoms with Crippen LogP contribution in [0.3, 0.4) is 0 Å². The van der Waals surface area contributed by atoms with Crippen molar-refractivity contribution in [2.24, 2.45) is 7.05 Å². The zero-order valence-corrected chi connectivity index (χ0v) is 14.2. The van der Waals surface area contributed by atoms with Gasteiger partial charge in [-0.3, -0.25) is 4.79 Å². The molecule has 0 aliphatic carbocycles. The highest BCUT2D eigenvalue weighted by atomic mass is 16.1. The van der Waals surface area contributed by atoms with Crippen molar-refractivity contribution in [2.75, 3.05) is 0 Å². The highest BCUT2D eigenvalue weighted by Crippen LogP contribution is 2.24. The number of hydrogen-bond acceptors (Lipinski definition) is 2. The van der Waals surface area contributed by atoms with Gasteiger partial charge in [-0.15, -0.1) is 0 Å². The third kappa shape index (κ3) is 3.23. The Bertz CT molecular complexity index is 867. The Kier molecular flexibility index (Phi) is 4.47. The fourth-order valence-electron chi connectivity index (χ4n) is 2.85. The Labute approximate surface area is 142 Å². The van der Waals surface area contributed by atoms with E-state index in [4.69, 9.17) is 0 Å². The van der Waals surface area contributed by atoms with Gasteiger partial charge in [0.1, 0.15) is 11.9 Å². The van der Waals surface area contributed by atoms with Crippen molar-refractivity contribution >= 4 is 5.91 Å². The monoisotopic (exact) mass is 319 g/mol. The number of amides is 1.